The Morgan fingerprint density at radius 3 is 2.72 bits per heavy atom. The van der Waals surface area contributed by atoms with E-state index in [0.29, 0.717) is 5.92 Å². The Balaban J connectivity index is 1.81. The van der Waals surface area contributed by atoms with Gasteiger partial charge in [0.1, 0.15) is 0 Å². The van der Waals surface area contributed by atoms with Gasteiger partial charge in [-0.3, -0.25) is 9.48 Å². The Hall–Kier alpha value is -1.36. The van der Waals surface area contributed by atoms with Crippen LogP contribution in [0, 0.1) is 11.8 Å². The molecule has 5 heteroatoms. The van der Waals surface area contributed by atoms with Crippen LogP contribution < -0.4 is 0 Å². The molecule has 5 nitrogen and oxygen atoms in total. The first kappa shape index (κ1) is 18.4. The van der Waals surface area contributed by atoms with Gasteiger partial charge < -0.3 is 10.0 Å². The van der Waals surface area contributed by atoms with Gasteiger partial charge in [0.25, 0.3) is 5.91 Å². The molecule has 1 saturated carbocycles. The van der Waals surface area contributed by atoms with E-state index in [-0.39, 0.29) is 24.0 Å². The zero-order valence-electron chi connectivity index (χ0n) is 15.9. The van der Waals surface area contributed by atoms with Gasteiger partial charge in [0.2, 0.25) is 0 Å². The van der Waals surface area contributed by atoms with Gasteiger partial charge in [-0.25, -0.2) is 0 Å². The fourth-order valence-electron chi connectivity index (χ4n) is 4.70. The molecule has 1 aromatic heterocycles. The van der Waals surface area contributed by atoms with Crippen molar-refractivity contribution in [2.24, 2.45) is 11.8 Å². The molecule has 2 heterocycles. The highest BCUT2D eigenvalue weighted by Crippen LogP contribution is 2.35. The van der Waals surface area contributed by atoms with Crippen LogP contribution in [0.2, 0.25) is 0 Å². The number of nitrogens with zero attached hydrogens (tertiary/aromatic N) is 3. The first-order valence-corrected chi connectivity index (χ1v) is 10.1. The molecule has 1 N–H and O–H groups in total. The van der Waals surface area contributed by atoms with Gasteiger partial charge in [0.05, 0.1) is 23.6 Å². The summed E-state index contributed by atoms with van der Waals surface area (Å²) in [4.78, 5) is 15.3. The third kappa shape index (κ3) is 3.76. The van der Waals surface area contributed by atoms with Crippen molar-refractivity contribution in [3.05, 3.63) is 17.5 Å². The Morgan fingerprint density at radius 1 is 1.28 bits per heavy atom. The molecule has 3 atom stereocenters. The van der Waals surface area contributed by atoms with Crippen molar-refractivity contribution >= 4 is 5.91 Å². The van der Waals surface area contributed by atoms with Crippen LogP contribution in [-0.2, 0) is 13.0 Å². The second kappa shape index (κ2) is 7.90. The molecule has 1 aliphatic heterocycles. The number of aliphatic hydroxyl groups excluding tert-OH is 1. The van der Waals surface area contributed by atoms with Crippen LogP contribution in [0.4, 0.5) is 0 Å². The van der Waals surface area contributed by atoms with Crippen molar-refractivity contribution in [2.75, 3.05) is 6.54 Å². The lowest BCUT2D eigenvalue weighted by molar-refractivity contribution is 0.0211. The largest absolute Gasteiger partial charge is 0.393 e. The maximum Gasteiger partial charge on any atom is 0.257 e. The van der Waals surface area contributed by atoms with Crippen molar-refractivity contribution in [1.29, 1.82) is 0 Å². The van der Waals surface area contributed by atoms with Crippen LogP contribution in [-0.4, -0.2) is 44.4 Å². The highest BCUT2D eigenvalue weighted by molar-refractivity contribution is 5.95. The third-order valence-electron chi connectivity index (χ3n) is 5.89. The minimum atomic E-state index is -0.249. The third-order valence-corrected chi connectivity index (χ3v) is 5.89. The molecule has 0 bridgehead atoms. The zero-order valence-corrected chi connectivity index (χ0v) is 15.9. The van der Waals surface area contributed by atoms with E-state index in [1.165, 1.54) is 6.42 Å². The molecule has 1 aliphatic carbocycles. The average molecular weight is 348 g/mol. The number of aliphatic hydroxyl groups is 1. The summed E-state index contributed by atoms with van der Waals surface area (Å²) < 4.78 is 2.00. The van der Waals surface area contributed by atoms with Gasteiger partial charge in [-0.15, -0.1) is 0 Å². The van der Waals surface area contributed by atoms with E-state index in [0.717, 1.165) is 62.9 Å². The lowest BCUT2D eigenvalue weighted by Gasteiger charge is -2.37. The monoisotopic (exact) mass is 347 g/mol. The van der Waals surface area contributed by atoms with Gasteiger partial charge in [0, 0.05) is 25.0 Å². The fourth-order valence-corrected chi connectivity index (χ4v) is 4.70. The first-order valence-electron chi connectivity index (χ1n) is 10.1. The molecule has 0 radical (unpaired) electrons. The number of hydrogen-bond acceptors (Lipinski definition) is 3. The lowest BCUT2D eigenvalue weighted by atomic mass is 9.80. The van der Waals surface area contributed by atoms with Gasteiger partial charge in [-0.2, -0.15) is 5.10 Å². The Kier molecular flexibility index (Phi) is 5.82. The van der Waals surface area contributed by atoms with Crippen molar-refractivity contribution in [2.45, 2.75) is 84.4 Å². The molecule has 0 spiro atoms. The van der Waals surface area contributed by atoms with E-state index in [2.05, 4.69) is 25.9 Å². The Labute approximate surface area is 151 Å². The lowest BCUT2D eigenvalue weighted by Crippen LogP contribution is -2.45. The normalized spacial score (nSPS) is 27.2. The predicted octanol–water partition coefficient (Wildman–Crippen LogP) is 3.26. The summed E-state index contributed by atoms with van der Waals surface area (Å²) >= 11 is 0. The van der Waals surface area contributed by atoms with Gasteiger partial charge in [0.15, 0.2) is 0 Å². The van der Waals surface area contributed by atoms with Crippen LogP contribution in [0.15, 0.2) is 6.20 Å². The van der Waals surface area contributed by atoms with Crippen molar-refractivity contribution < 1.29 is 9.90 Å². The first-order chi connectivity index (χ1) is 12.0. The van der Waals surface area contributed by atoms with Crippen LogP contribution in [0.1, 0.15) is 75.3 Å². The number of amides is 1. The van der Waals surface area contributed by atoms with Crippen molar-refractivity contribution in [1.82, 2.24) is 14.7 Å². The van der Waals surface area contributed by atoms with E-state index in [1.54, 1.807) is 6.20 Å². The minimum absolute atomic E-state index is 0.118. The van der Waals surface area contributed by atoms with Gasteiger partial charge >= 0.3 is 0 Å². The molecule has 1 saturated heterocycles. The molecule has 3 rings (SSSR count). The van der Waals surface area contributed by atoms with Crippen LogP contribution >= 0.6 is 0 Å². The van der Waals surface area contributed by atoms with E-state index >= 15 is 0 Å². The van der Waals surface area contributed by atoms with Gasteiger partial charge in [-0.05, 0) is 38.0 Å². The molecule has 1 aromatic rings. The minimum Gasteiger partial charge on any atom is -0.393 e. The quantitative estimate of drug-likeness (QED) is 0.889. The summed E-state index contributed by atoms with van der Waals surface area (Å²) in [6, 6.07) is 0.195. The Morgan fingerprint density at radius 2 is 2.04 bits per heavy atom. The van der Waals surface area contributed by atoms with E-state index < -0.39 is 0 Å². The Bertz CT molecular complexity index is 596. The number of hydrogen-bond donors (Lipinski definition) is 1. The highest BCUT2D eigenvalue weighted by atomic mass is 16.3. The summed E-state index contributed by atoms with van der Waals surface area (Å²) in [5, 5.41) is 14.9. The van der Waals surface area contributed by atoms with Crippen LogP contribution in [0.3, 0.4) is 0 Å². The number of carbonyl (C=O) groups is 1. The smallest absolute Gasteiger partial charge is 0.257 e. The standard InChI is InChI=1S/C20H33N3O2/c1-4-17-16(12-21-23(17)13-14(2)3)20(25)22-11-7-9-18(22)15-8-5-6-10-19(15)24/h12,14-15,18-19,24H,4-11,13H2,1-3H3/t15-,18-,19-/m1/s1. The van der Waals surface area contributed by atoms with Crippen molar-refractivity contribution in [3.63, 3.8) is 0 Å². The molecule has 25 heavy (non-hydrogen) atoms. The number of aromatic nitrogens is 2. The maximum atomic E-state index is 13.3. The van der Waals surface area contributed by atoms with E-state index in [1.807, 2.05) is 9.58 Å². The second-order valence-corrected chi connectivity index (χ2v) is 8.16. The fraction of sp³-hybridized carbons (Fsp3) is 0.800. The van der Waals surface area contributed by atoms with E-state index in [9.17, 15) is 9.90 Å². The molecule has 2 aliphatic rings. The SMILES string of the molecule is CCc1c(C(=O)N2CCC[C@@H]2[C@H]2CCCC[C@H]2O)cnn1CC(C)C. The molecular formula is C20H33N3O2. The molecule has 1 amide bonds. The molecule has 0 unspecified atom stereocenters. The number of likely N-dealkylation sites (tertiary alicyclic amines) is 1. The van der Waals surface area contributed by atoms with E-state index in [4.69, 9.17) is 0 Å². The predicted molar refractivity (Wildman–Crippen MR) is 98.5 cm³/mol. The molecule has 2 fully saturated rings. The number of carbonyl (C=O) groups excluding carboxylic acids is 1. The summed E-state index contributed by atoms with van der Waals surface area (Å²) in [5.74, 6) is 0.869. The molecule has 140 valence electrons. The average Bonchev–Trinajstić information content (AvgIpc) is 3.21. The summed E-state index contributed by atoms with van der Waals surface area (Å²) in [6.07, 6.45) is 8.61. The number of rotatable bonds is 5. The van der Waals surface area contributed by atoms with Crippen LogP contribution in [0.25, 0.3) is 0 Å². The molecular weight excluding hydrogens is 314 g/mol. The topological polar surface area (TPSA) is 58.4 Å². The summed E-state index contributed by atoms with van der Waals surface area (Å²) in [5.41, 5.74) is 1.81. The molecule has 0 aromatic carbocycles. The summed E-state index contributed by atoms with van der Waals surface area (Å²) in [6.45, 7) is 8.09. The van der Waals surface area contributed by atoms with Gasteiger partial charge in [-0.1, -0.05) is 33.6 Å². The second-order valence-electron chi connectivity index (χ2n) is 8.16. The zero-order chi connectivity index (χ0) is 18.0. The highest BCUT2D eigenvalue weighted by Gasteiger charge is 2.39. The summed E-state index contributed by atoms with van der Waals surface area (Å²) in [7, 11) is 0. The van der Waals surface area contributed by atoms with Crippen LogP contribution in [0.5, 0.6) is 0 Å². The van der Waals surface area contributed by atoms with Crippen molar-refractivity contribution in [3.8, 4) is 0 Å². The maximum absolute atomic E-state index is 13.3.